The van der Waals surface area contributed by atoms with Crippen molar-refractivity contribution in [3.63, 3.8) is 0 Å². The van der Waals surface area contributed by atoms with Gasteiger partial charge in [0.25, 0.3) is 5.69 Å². The molecule has 0 saturated heterocycles. The van der Waals surface area contributed by atoms with Gasteiger partial charge in [0.05, 0.1) is 17.1 Å². The number of halogens is 1. The van der Waals surface area contributed by atoms with E-state index in [1.807, 2.05) is 0 Å². The van der Waals surface area contributed by atoms with Crippen molar-refractivity contribution >= 4 is 17.3 Å². The van der Waals surface area contributed by atoms with Gasteiger partial charge in [0, 0.05) is 0 Å². The Morgan fingerprint density at radius 2 is 2.36 bits per heavy atom. The Kier molecular flexibility index (Phi) is 2.25. The first-order valence-electron chi connectivity index (χ1n) is 4.13. The summed E-state index contributed by atoms with van der Waals surface area (Å²) in [5.74, 6) is 0.295. The normalized spacial score (nSPS) is 15.2. The van der Waals surface area contributed by atoms with Crippen molar-refractivity contribution in [1.82, 2.24) is 4.98 Å². The number of pyridine rings is 1. The third-order valence-corrected chi connectivity index (χ3v) is 2.11. The monoisotopic (exact) mass is 214 g/mol. The second-order valence-corrected chi connectivity index (χ2v) is 3.41. The molecular weight excluding hydrogens is 208 g/mol. The van der Waals surface area contributed by atoms with Crippen LogP contribution < -0.4 is 4.74 Å². The van der Waals surface area contributed by atoms with E-state index in [2.05, 4.69) is 4.98 Å². The lowest BCUT2D eigenvalue weighted by molar-refractivity contribution is -0.385. The topological polar surface area (TPSA) is 65.3 Å². The zero-order valence-electron chi connectivity index (χ0n) is 7.14. The number of hydrogen-bond donors (Lipinski definition) is 0. The van der Waals surface area contributed by atoms with E-state index in [1.54, 1.807) is 0 Å². The smallest absolute Gasteiger partial charge is 0.291 e. The predicted octanol–water partition coefficient (Wildman–Crippen LogP) is 2.18. The van der Waals surface area contributed by atoms with Gasteiger partial charge in [0.15, 0.2) is 10.9 Å². The van der Waals surface area contributed by atoms with Crippen molar-refractivity contribution in [2.45, 2.75) is 18.9 Å². The lowest BCUT2D eigenvalue weighted by atomic mass is 10.4. The minimum atomic E-state index is -0.525. The summed E-state index contributed by atoms with van der Waals surface area (Å²) in [6.07, 6.45) is 3.21. The van der Waals surface area contributed by atoms with E-state index in [0.29, 0.717) is 5.75 Å². The van der Waals surface area contributed by atoms with Crippen LogP contribution in [0.5, 0.6) is 5.75 Å². The summed E-state index contributed by atoms with van der Waals surface area (Å²) in [6.45, 7) is 0. The highest BCUT2D eigenvalue weighted by Gasteiger charge is 2.25. The number of hydrogen-bond acceptors (Lipinski definition) is 4. The van der Waals surface area contributed by atoms with Gasteiger partial charge in [-0.15, -0.1) is 0 Å². The molecule has 0 N–H and O–H groups in total. The molecule has 2 rings (SSSR count). The Morgan fingerprint density at radius 3 is 2.93 bits per heavy atom. The summed E-state index contributed by atoms with van der Waals surface area (Å²) in [5, 5.41) is 10.6. The van der Waals surface area contributed by atoms with Gasteiger partial charge in [0.2, 0.25) is 0 Å². The Morgan fingerprint density at radius 1 is 1.64 bits per heavy atom. The summed E-state index contributed by atoms with van der Waals surface area (Å²) in [4.78, 5) is 13.6. The Bertz CT molecular complexity index is 379. The van der Waals surface area contributed by atoms with Crippen molar-refractivity contribution in [3.8, 4) is 5.75 Å². The second kappa shape index (κ2) is 3.42. The number of nitro groups is 1. The van der Waals surface area contributed by atoms with Crippen LogP contribution in [0.4, 0.5) is 5.69 Å². The maximum Gasteiger partial charge on any atom is 0.291 e. The number of aromatic nitrogens is 1. The maximum absolute atomic E-state index is 10.4. The fourth-order valence-corrected chi connectivity index (χ4v) is 1.11. The highest BCUT2D eigenvalue weighted by atomic mass is 35.5. The van der Waals surface area contributed by atoms with Crippen LogP contribution in [0, 0.1) is 10.1 Å². The van der Waals surface area contributed by atoms with Crippen LogP contribution in [-0.2, 0) is 0 Å². The molecule has 1 aliphatic rings. The average Bonchev–Trinajstić information content (AvgIpc) is 2.92. The van der Waals surface area contributed by atoms with Crippen molar-refractivity contribution in [1.29, 1.82) is 0 Å². The molecular formula is C8H7ClN2O3. The largest absolute Gasteiger partial charge is 0.487 e. The summed E-state index contributed by atoms with van der Waals surface area (Å²) in [5.41, 5.74) is -0.106. The molecule has 5 nitrogen and oxygen atoms in total. The molecule has 0 amide bonds. The van der Waals surface area contributed by atoms with Crippen LogP contribution >= 0.6 is 11.6 Å². The van der Waals surface area contributed by atoms with E-state index in [4.69, 9.17) is 16.3 Å². The molecule has 1 aromatic rings. The lowest BCUT2D eigenvalue weighted by Crippen LogP contribution is -1.99. The highest BCUT2D eigenvalue weighted by Crippen LogP contribution is 2.32. The molecule has 1 fully saturated rings. The van der Waals surface area contributed by atoms with Gasteiger partial charge in [-0.1, -0.05) is 11.6 Å². The van der Waals surface area contributed by atoms with Crippen LogP contribution in [0.15, 0.2) is 12.3 Å². The van der Waals surface area contributed by atoms with Gasteiger partial charge in [-0.3, -0.25) is 10.1 Å². The minimum Gasteiger partial charge on any atom is -0.487 e. The molecule has 0 spiro atoms. The minimum absolute atomic E-state index is 0.106. The number of ether oxygens (including phenoxy) is 1. The van der Waals surface area contributed by atoms with Gasteiger partial charge in [0.1, 0.15) is 6.20 Å². The van der Waals surface area contributed by atoms with E-state index in [-0.39, 0.29) is 16.9 Å². The summed E-state index contributed by atoms with van der Waals surface area (Å²) >= 11 is 5.71. The molecule has 14 heavy (non-hydrogen) atoms. The standard InChI is InChI=1S/C8H7ClN2O3/c9-8-7(14-6-1-2-6)3-5(4-10-8)11(12)13/h3-4,6H,1-2H2. The molecule has 1 aliphatic carbocycles. The molecule has 74 valence electrons. The number of rotatable bonds is 3. The molecule has 0 unspecified atom stereocenters. The third kappa shape index (κ3) is 1.93. The maximum atomic E-state index is 10.4. The zero-order chi connectivity index (χ0) is 10.1. The zero-order valence-corrected chi connectivity index (χ0v) is 7.90. The first-order valence-corrected chi connectivity index (χ1v) is 4.51. The average molecular weight is 215 g/mol. The molecule has 6 heteroatoms. The van der Waals surface area contributed by atoms with Crippen molar-refractivity contribution < 1.29 is 9.66 Å². The molecule has 0 atom stereocenters. The van der Waals surface area contributed by atoms with E-state index in [0.717, 1.165) is 19.0 Å². The van der Waals surface area contributed by atoms with Gasteiger partial charge in [-0.25, -0.2) is 4.98 Å². The third-order valence-electron chi connectivity index (χ3n) is 1.82. The quantitative estimate of drug-likeness (QED) is 0.440. The molecule has 0 bridgehead atoms. The summed E-state index contributed by atoms with van der Waals surface area (Å²) in [7, 11) is 0. The van der Waals surface area contributed by atoms with Crippen molar-refractivity contribution in [2.75, 3.05) is 0 Å². The molecule has 0 aliphatic heterocycles. The molecule has 1 heterocycles. The van der Waals surface area contributed by atoms with Gasteiger partial charge in [-0.05, 0) is 12.8 Å². The van der Waals surface area contributed by atoms with E-state index in [9.17, 15) is 10.1 Å². The first-order chi connectivity index (χ1) is 6.66. The fraction of sp³-hybridized carbons (Fsp3) is 0.375. The van der Waals surface area contributed by atoms with Crippen LogP contribution in [0.3, 0.4) is 0 Å². The van der Waals surface area contributed by atoms with Crippen LogP contribution in [-0.4, -0.2) is 16.0 Å². The van der Waals surface area contributed by atoms with E-state index >= 15 is 0 Å². The van der Waals surface area contributed by atoms with Gasteiger partial charge in [-0.2, -0.15) is 0 Å². The van der Waals surface area contributed by atoms with Gasteiger partial charge < -0.3 is 4.74 Å². The van der Waals surface area contributed by atoms with E-state index < -0.39 is 4.92 Å². The molecule has 0 aromatic carbocycles. The first kappa shape index (κ1) is 9.21. The number of nitrogens with zero attached hydrogens (tertiary/aromatic N) is 2. The van der Waals surface area contributed by atoms with Gasteiger partial charge >= 0.3 is 0 Å². The highest BCUT2D eigenvalue weighted by molar-refractivity contribution is 6.30. The van der Waals surface area contributed by atoms with Crippen LogP contribution in [0.25, 0.3) is 0 Å². The summed E-state index contributed by atoms with van der Waals surface area (Å²) < 4.78 is 5.35. The van der Waals surface area contributed by atoms with Crippen molar-refractivity contribution in [3.05, 3.63) is 27.5 Å². The van der Waals surface area contributed by atoms with Crippen LogP contribution in [0.1, 0.15) is 12.8 Å². The molecule has 1 aromatic heterocycles. The SMILES string of the molecule is O=[N+]([O-])c1cnc(Cl)c(OC2CC2)c1. The lowest BCUT2D eigenvalue weighted by Gasteiger charge is -2.04. The Labute approximate surface area is 84.8 Å². The molecule has 0 radical (unpaired) electrons. The molecule has 1 saturated carbocycles. The summed E-state index contributed by atoms with van der Waals surface area (Å²) in [6, 6.07) is 1.30. The Balaban J connectivity index is 2.26. The van der Waals surface area contributed by atoms with Crippen LogP contribution in [0.2, 0.25) is 5.15 Å². The second-order valence-electron chi connectivity index (χ2n) is 3.06. The fourth-order valence-electron chi connectivity index (χ4n) is 0.966. The van der Waals surface area contributed by atoms with Crippen molar-refractivity contribution in [2.24, 2.45) is 0 Å². The Hall–Kier alpha value is -1.36. The predicted molar refractivity (Wildman–Crippen MR) is 49.6 cm³/mol. The van der Waals surface area contributed by atoms with E-state index in [1.165, 1.54) is 6.07 Å².